The first-order chi connectivity index (χ1) is 9.31. The lowest BCUT2D eigenvalue weighted by atomic mass is 9.99. The highest BCUT2D eigenvalue weighted by Gasteiger charge is 2.29. The molecule has 1 atom stereocenters. The third-order valence-corrected chi connectivity index (χ3v) is 3.20. The van der Waals surface area contributed by atoms with Gasteiger partial charge in [0, 0.05) is 26.2 Å². The number of amides is 3. The molecule has 0 aliphatic carbocycles. The van der Waals surface area contributed by atoms with E-state index >= 15 is 0 Å². The molecule has 0 radical (unpaired) electrons. The number of urea groups is 1. The molecule has 0 saturated carbocycles. The second-order valence-corrected chi connectivity index (χ2v) is 5.48. The van der Waals surface area contributed by atoms with Crippen molar-refractivity contribution >= 4 is 17.9 Å². The maximum absolute atomic E-state index is 12.2. The van der Waals surface area contributed by atoms with E-state index in [-0.39, 0.29) is 31.1 Å². The van der Waals surface area contributed by atoms with Crippen molar-refractivity contribution in [1.29, 1.82) is 0 Å². The normalized spacial score (nSPS) is 18.8. The molecule has 1 saturated heterocycles. The number of carboxylic acid groups (broad SMARTS) is 1. The molecule has 1 fully saturated rings. The number of carbonyl (C=O) groups is 3. The van der Waals surface area contributed by atoms with Crippen molar-refractivity contribution in [2.75, 3.05) is 26.7 Å². The van der Waals surface area contributed by atoms with Crippen LogP contribution in [0.15, 0.2) is 0 Å². The van der Waals surface area contributed by atoms with Crippen molar-refractivity contribution < 1.29 is 19.5 Å². The predicted octanol–water partition coefficient (Wildman–Crippen LogP) is 0.359. The summed E-state index contributed by atoms with van der Waals surface area (Å²) in [6.45, 7) is 4.43. The Morgan fingerprint density at radius 3 is 2.60 bits per heavy atom. The molecule has 7 nitrogen and oxygen atoms in total. The number of aliphatic carboxylic acids is 1. The number of carboxylic acids is 1. The quantitative estimate of drug-likeness (QED) is 0.780. The Morgan fingerprint density at radius 1 is 1.40 bits per heavy atom. The fourth-order valence-electron chi connectivity index (χ4n) is 2.24. The number of hydrogen-bond donors (Lipinski definition) is 2. The van der Waals surface area contributed by atoms with Crippen molar-refractivity contribution in [3.05, 3.63) is 0 Å². The van der Waals surface area contributed by atoms with Gasteiger partial charge in [-0.15, -0.1) is 0 Å². The molecule has 0 aromatic rings. The van der Waals surface area contributed by atoms with Crippen LogP contribution >= 0.6 is 0 Å². The number of piperidine rings is 1. The summed E-state index contributed by atoms with van der Waals surface area (Å²) >= 11 is 0. The SMILES string of the molecule is CC(C)NC(=O)CN(C)C(=O)N1CCC[C@H](C(=O)O)C1. The highest BCUT2D eigenvalue weighted by Crippen LogP contribution is 2.17. The van der Waals surface area contributed by atoms with Crippen LogP contribution in [0.2, 0.25) is 0 Å². The lowest BCUT2D eigenvalue weighted by molar-refractivity contribution is -0.143. The molecule has 20 heavy (non-hydrogen) atoms. The van der Waals surface area contributed by atoms with E-state index in [9.17, 15) is 14.4 Å². The smallest absolute Gasteiger partial charge is 0.320 e. The largest absolute Gasteiger partial charge is 0.481 e. The standard InChI is InChI=1S/C13H23N3O4/c1-9(2)14-11(17)8-15(3)13(20)16-6-4-5-10(7-16)12(18)19/h9-10H,4-8H2,1-3H3,(H,14,17)(H,18,19)/t10-/m0/s1. The van der Waals surface area contributed by atoms with Crippen molar-refractivity contribution in [1.82, 2.24) is 15.1 Å². The third kappa shape index (κ3) is 4.71. The van der Waals surface area contributed by atoms with E-state index in [1.165, 1.54) is 9.80 Å². The van der Waals surface area contributed by atoms with Crippen LogP contribution in [0.3, 0.4) is 0 Å². The number of likely N-dealkylation sites (tertiary alicyclic amines) is 1. The molecule has 0 bridgehead atoms. The highest BCUT2D eigenvalue weighted by atomic mass is 16.4. The second kappa shape index (κ2) is 7.12. The Morgan fingerprint density at radius 2 is 2.05 bits per heavy atom. The molecular weight excluding hydrogens is 262 g/mol. The Balaban J connectivity index is 2.51. The molecule has 1 aliphatic rings. The van der Waals surface area contributed by atoms with Crippen LogP contribution in [0.25, 0.3) is 0 Å². The molecule has 1 rings (SSSR count). The molecule has 114 valence electrons. The van der Waals surface area contributed by atoms with Crippen LogP contribution in [-0.2, 0) is 9.59 Å². The summed E-state index contributed by atoms with van der Waals surface area (Å²) in [5, 5.41) is 11.7. The Kier molecular flexibility index (Phi) is 5.79. The van der Waals surface area contributed by atoms with Gasteiger partial charge in [-0.25, -0.2) is 4.79 Å². The minimum absolute atomic E-state index is 0.0226. The van der Waals surface area contributed by atoms with Crippen LogP contribution in [0.1, 0.15) is 26.7 Å². The first-order valence-electron chi connectivity index (χ1n) is 6.83. The number of nitrogens with zero attached hydrogens (tertiary/aromatic N) is 2. The van der Waals surface area contributed by atoms with Crippen molar-refractivity contribution in [3.63, 3.8) is 0 Å². The van der Waals surface area contributed by atoms with Crippen LogP contribution in [0.5, 0.6) is 0 Å². The molecule has 7 heteroatoms. The average molecular weight is 285 g/mol. The van der Waals surface area contributed by atoms with Gasteiger partial charge in [0.2, 0.25) is 5.91 Å². The van der Waals surface area contributed by atoms with Crippen molar-refractivity contribution in [3.8, 4) is 0 Å². The molecule has 1 aliphatic heterocycles. The topological polar surface area (TPSA) is 90.0 Å². The van der Waals surface area contributed by atoms with E-state index in [1.54, 1.807) is 7.05 Å². The molecule has 0 spiro atoms. The zero-order valence-corrected chi connectivity index (χ0v) is 12.3. The van der Waals surface area contributed by atoms with Gasteiger partial charge in [-0.3, -0.25) is 9.59 Å². The summed E-state index contributed by atoms with van der Waals surface area (Å²) in [6, 6.07) is -0.271. The maximum Gasteiger partial charge on any atom is 0.320 e. The van der Waals surface area contributed by atoms with Crippen LogP contribution in [-0.4, -0.2) is 65.5 Å². The summed E-state index contributed by atoms with van der Waals surface area (Å²) in [7, 11) is 1.55. The van der Waals surface area contributed by atoms with Gasteiger partial charge >= 0.3 is 12.0 Å². The predicted molar refractivity (Wildman–Crippen MR) is 73.2 cm³/mol. The van der Waals surface area contributed by atoms with E-state index in [0.717, 1.165) is 0 Å². The summed E-state index contributed by atoms with van der Waals surface area (Å²) < 4.78 is 0. The first-order valence-corrected chi connectivity index (χ1v) is 6.83. The Hall–Kier alpha value is -1.79. The van der Waals surface area contributed by atoms with Crippen molar-refractivity contribution in [2.24, 2.45) is 5.92 Å². The summed E-state index contributed by atoms with van der Waals surface area (Å²) in [5.41, 5.74) is 0. The van der Waals surface area contributed by atoms with Gasteiger partial charge in [-0.1, -0.05) is 0 Å². The number of nitrogens with one attached hydrogen (secondary N) is 1. The zero-order valence-electron chi connectivity index (χ0n) is 12.3. The number of likely N-dealkylation sites (N-methyl/N-ethyl adjacent to an activating group) is 1. The van der Waals surface area contributed by atoms with Crippen LogP contribution in [0.4, 0.5) is 4.79 Å². The van der Waals surface area contributed by atoms with Gasteiger partial charge in [0.15, 0.2) is 0 Å². The van der Waals surface area contributed by atoms with Gasteiger partial charge in [0.05, 0.1) is 5.92 Å². The summed E-state index contributed by atoms with van der Waals surface area (Å²) in [5.74, 6) is -1.60. The van der Waals surface area contributed by atoms with Gasteiger partial charge in [0.25, 0.3) is 0 Å². The molecule has 2 N–H and O–H groups in total. The number of hydrogen-bond acceptors (Lipinski definition) is 3. The summed E-state index contributed by atoms with van der Waals surface area (Å²) in [4.78, 5) is 37.6. The zero-order chi connectivity index (χ0) is 15.3. The van der Waals surface area contributed by atoms with E-state index in [1.807, 2.05) is 13.8 Å². The molecular formula is C13H23N3O4. The van der Waals surface area contributed by atoms with Crippen LogP contribution in [0, 0.1) is 5.92 Å². The minimum Gasteiger partial charge on any atom is -0.481 e. The van der Waals surface area contributed by atoms with Crippen LogP contribution < -0.4 is 5.32 Å². The molecule has 3 amide bonds. The first kappa shape index (κ1) is 16.3. The van der Waals surface area contributed by atoms with Gasteiger partial charge in [-0.05, 0) is 26.7 Å². The molecule has 0 unspecified atom stereocenters. The lowest BCUT2D eigenvalue weighted by Crippen LogP contribution is -2.50. The van der Waals surface area contributed by atoms with Crippen molar-refractivity contribution in [2.45, 2.75) is 32.7 Å². The fraction of sp³-hybridized carbons (Fsp3) is 0.769. The Bertz CT molecular complexity index is 384. The molecule has 0 aromatic heterocycles. The highest BCUT2D eigenvalue weighted by molar-refractivity contribution is 5.84. The monoisotopic (exact) mass is 285 g/mol. The average Bonchev–Trinajstić information content (AvgIpc) is 2.36. The van der Waals surface area contributed by atoms with Gasteiger partial charge in [-0.2, -0.15) is 0 Å². The van der Waals surface area contributed by atoms with E-state index in [4.69, 9.17) is 5.11 Å². The fourth-order valence-corrected chi connectivity index (χ4v) is 2.24. The van der Waals surface area contributed by atoms with E-state index in [2.05, 4.69) is 5.32 Å². The van der Waals surface area contributed by atoms with E-state index in [0.29, 0.717) is 19.4 Å². The number of carbonyl (C=O) groups excluding carboxylic acids is 2. The molecule has 0 aromatic carbocycles. The third-order valence-electron chi connectivity index (χ3n) is 3.20. The van der Waals surface area contributed by atoms with Gasteiger partial charge in [0.1, 0.15) is 6.54 Å². The van der Waals surface area contributed by atoms with Gasteiger partial charge < -0.3 is 20.2 Å². The Labute approximate surface area is 118 Å². The number of rotatable bonds is 4. The molecule has 1 heterocycles. The second-order valence-electron chi connectivity index (χ2n) is 5.48. The summed E-state index contributed by atoms with van der Waals surface area (Å²) in [6.07, 6.45) is 1.27. The maximum atomic E-state index is 12.2. The van der Waals surface area contributed by atoms with E-state index < -0.39 is 11.9 Å². The minimum atomic E-state index is -0.872. The lowest BCUT2D eigenvalue weighted by Gasteiger charge is -2.33.